The highest BCUT2D eigenvalue weighted by Crippen LogP contribution is 2.39. The zero-order valence-corrected chi connectivity index (χ0v) is 21.0. The maximum absolute atomic E-state index is 13.2. The molecule has 3 rings (SSSR count). The van der Waals surface area contributed by atoms with Crippen molar-refractivity contribution in [1.29, 1.82) is 0 Å². The van der Waals surface area contributed by atoms with Gasteiger partial charge in [-0.05, 0) is 76.3 Å². The largest absolute Gasteiger partial charge is 0.494 e. The van der Waals surface area contributed by atoms with Gasteiger partial charge < -0.3 is 14.8 Å². The minimum atomic E-state index is -3.77. The number of benzene rings is 1. The molecule has 1 N–H and O–H groups in total. The number of fused-ring (bicyclic) bond motifs is 1. The highest BCUT2D eigenvalue weighted by atomic mass is 32.2. The Morgan fingerprint density at radius 2 is 1.79 bits per heavy atom. The standard InChI is InChI=1S/C23H30N2O6S2/c1-5-30-17-13-11-16(12-14-17)25(33(4,28)29)15(3)21(26)24-22-20(23(27)31-6-2)18-9-7-8-10-19(18)32-22/h11-15H,5-10H2,1-4H3,(H,24,26). The number of nitrogens with zero attached hydrogens (tertiary/aromatic N) is 1. The van der Waals surface area contributed by atoms with Crippen molar-refractivity contribution in [1.82, 2.24) is 0 Å². The van der Waals surface area contributed by atoms with E-state index in [0.717, 1.165) is 46.7 Å². The average Bonchev–Trinajstić information content (AvgIpc) is 3.12. The average molecular weight is 495 g/mol. The van der Waals surface area contributed by atoms with Crippen molar-refractivity contribution in [2.75, 3.05) is 29.1 Å². The summed E-state index contributed by atoms with van der Waals surface area (Å²) in [5, 5.41) is 3.22. The van der Waals surface area contributed by atoms with Crippen LogP contribution in [0.2, 0.25) is 0 Å². The zero-order chi connectivity index (χ0) is 24.2. The molecule has 0 bridgehead atoms. The molecule has 2 aromatic rings. The summed E-state index contributed by atoms with van der Waals surface area (Å²) in [6, 6.07) is 5.47. The van der Waals surface area contributed by atoms with Crippen molar-refractivity contribution in [3.05, 3.63) is 40.3 Å². The van der Waals surface area contributed by atoms with Crippen LogP contribution < -0.4 is 14.4 Å². The molecule has 180 valence electrons. The summed E-state index contributed by atoms with van der Waals surface area (Å²) in [4.78, 5) is 26.9. The Kier molecular flexibility index (Phi) is 8.01. The third kappa shape index (κ3) is 5.67. The zero-order valence-electron chi connectivity index (χ0n) is 19.3. The monoisotopic (exact) mass is 494 g/mol. The van der Waals surface area contributed by atoms with Gasteiger partial charge >= 0.3 is 5.97 Å². The van der Waals surface area contributed by atoms with Gasteiger partial charge in [0.1, 0.15) is 16.8 Å². The smallest absolute Gasteiger partial charge is 0.341 e. The Morgan fingerprint density at radius 3 is 2.39 bits per heavy atom. The lowest BCUT2D eigenvalue weighted by Gasteiger charge is -2.28. The maximum atomic E-state index is 13.2. The molecule has 8 nitrogen and oxygen atoms in total. The van der Waals surface area contributed by atoms with Crippen LogP contribution in [0.15, 0.2) is 24.3 Å². The number of ether oxygens (including phenoxy) is 2. The van der Waals surface area contributed by atoms with Crippen molar-refractivity contribution < 1.29 is 27.5 Å². The SMILES string of the molecule is CCOC(=O)c1c(NC(=O)C(C)N(c2ccc(OCC)cc2)S(C)(=O)=O)sc2c1CCCC2. The Morgan fingerprint density at radius 1 is 1.12 bits per heavy atom. The van der Waals surface area contributed by atoms with Gasteiger partial charge in [-0.2, -0.15) is 0 Å². The van der Waals surface area contributed by atoms with Gasteiger partial charge in [0.25, 0.3) is 0 Å². The summed E-state index contributed by atoms with van der Waals surface area (Å²) in [6.45, 7) is 5.83. The van der Waals surface area contributed by atoms with Crippen LogP contribution in [-0.4, -0.2) is 45.8 Å². The number of anilines is 2. The topological polar surface area (TPSA) is 102 Å². The van der Waals surface area contributed by atoms with Crippen LogP contribution in [0, 0.1) is 0 Å². The molecule has 1 atom stereocenters. The highest BCUT2D eigenvalue weighted by Gasteiger charge is 2.32. The molecule has 33 heavy (non-hydrogen) atoms. The molecule has 0 saturated heterocycles. The number of carbonyl (C=O) groups excluding carboxylic acids is 2. The van der Waals surface area contributed by atoms with E-state index in [1.165, 1.54) is 18.3 Å². The molecule has 10 heteroatoms. The number of carbonyl (C=O) groups is 2. The van der Waals surface area contributed by atoms with Gasteiger partial charge in [-0.15, -0.1) is 11.3 Å². The summed E-state index contributed by atoms with van der Waals surface area (Å²) in [5.41, 5.74) is 1.67. The van der Waals surface area contributed by atoms with Crippen molar-refractivity contribution in [2.24, 2.45) is 0 Å². The second-order valence-electron chi connectivity index (χ2n) is 7.79. The van der Waals surface area contributed by atoms with E-state index in [0.29, 0.717) is 28.6 Å². The fourth-order valence-corrected chi connectivity index (χ4v) is 6.41. The predicted molar refractivity (Wildman–Crippen MR) is 130 cm³/mol. The van der Waals surface area contributed by atoms with Crippen LogP contribution in [0.5, 0.6) is 5.75 Å². The highest BCUT2D eigenvalue weighted by molar-refractivity contribution is 7.92. The summed E-state index contributed by atoms with van der Waals surface area (Å²) in [7, 11) is -3.77. The molecular weight excluding hydrogens is 464 g/mol. The number of sulfonamides is 1. The van der Waals surface area contributed by atoms with Gasteiger partial charge in [-0.25, -0.2) is 13.2 Å². The Hall–Kier alpha value is -2.59. The van der Waals surface area contributed by atoms with Crippen LogP contribution in [0.25, 0.3) is 0 Å². The fraction of sp³-hybridized carbons (Fsp3) is 0.478. The summed E-state index contributed by atoms with van der Waals surface area (Å²) >= 11 is 1.37. The van der Waals surface area contributed by atoms with Crippen LogP contribution in [-0.2, 0) is 32.4 Å². The molecule has 1 aromatic carbocycles. The first-order valence-electron chi connectivity index (χ1n) is 11.0. The van der Waals surface area contributed by atoms with Gasteiger partial charge in [-0.1, -0.05) is 0 Å². The Balaban J connectivity index is 1.90. The van der Waals surface area contributed by atoms with E-state index in [1.807, 2.05) is 6.92 Å². The van der Waals surface area contributed by atoms with Gasteiger partial charge in [0, 0.05) is 4.88 Å². The molecule has 1 heterocycles. The van der Waals surface area contributed by atoms with Gasteiger partial charge in [-0.3, -0.25) is 9.10 Å². The second-order valence-corrected chi connectivity index (χ2v) is 10.8. The van der Waals surface area contributed by atoms with Crippen LogP contribution in [0.4, 0.5) is 10.7 Å². The molecule has 0 aliphatic heterocycles. The molecule has 0 radical (unpaired) electrons. The van der Waals surface area contributed by atoms with Crippen molar-refractivity contribution >= 4 is 43.9 Å². The third-order valence-corrected chi connectivity index (χ3v) is 7.83. The minimum absolute atomic E-state index is 0.229. The first-order chi connectivity index (χ1) is 15.7. The Bertz CT molecular complexity index is 1110. The molecule has 0 fully saturated rings. The van der Waals surface area contributed by atoms with E-state index in [9.17, 15) is 18.0 Å². The number of hydrogen-bond donors (Lipinski definition) is 1. The predicted octanol–water partition coefficient (Wildman–Crippen LogP) is 4.00. The van der Waals surface area contributed by atoms with Crippen molar-refractivity contribution in [3.8, 4) is 5.75 Å². The van der Waals surface area contributed by atoms with Crippen LogP contribution >= 0.6 is 11.3 Å². The van der Waals surface area contributed by atoms with E-state index >= 15 is 0 Å². The summed E-state index contributed by atoms with van der Waals surface area (Å²) in [6.07, 6.45) is 4.66. The number of rotatable bonds is 9. The maximum Gasteiger partial charge on any atom is 0.341 e. The number of amides is 1. The normalized spacial score (nSPS) is 14.2. The molecule has 1 aliphatic carbocycles. The summed E-state index contributed by atoms with van der Waals surface area (Å²) in [5.74, 6) is -0.389. The van der Waals surface area contributed by atoms with E-state index in [1.54, 1.807) is 31.2 Å². The van der Waals surface area contributed by atoms with E-state index < -0.39 is 27.9 Å². The molecular formula is C23H30N2O6S2. The molecule has 1 unspecified atom stereocenters. The minimum Gasteiger partial charge on any atom is -0.494 e. The van der Waals surface area contributed by atoms with Crippen molar-refractivity contribution in [3.63, 3.8) is 0 Å². The molecule has 1 amide bonds. The van der Waals surface area contributed by atoms with Crippen molar-refractivity contribution in [2.45, 2.75) is 52.5 Å². The molecule has 1 aromatic heterocycles. The summed E-state index contributed by atoms with van der Waals surface area (Å²) < 4.78 is 36.9. The quantitative estimate of drug-likeness (QED) is 0.529. The number of thiophene rings is 1. The van der Waals surface area contributed by atoms with E-state index in [2.05, 4.69) is 5.32 Å². The van der Waals surface area contributed by atoms with E-state index in [4.69, 9.17) is 9.47 Å². The lowest BCUT2D eigenvalue weighted by molar-refractivity contribution is -0.116. The lowest BCUT2D eigenvalue weighted by Crippen LogP contribution is -2.45. The first kappa shape index (κ1) is 25.0. The number of esters is 1. The van der Waals surface area contributed by atoms with Gasteiger partial charge in [0.2, 0.25) is 15.9 Å². The fourth-order valence-electron chi connectivity index (χ4n) is 3.95. The van der Waals surface area contributed by atoms with Crippen LogP contribution in [0.1, 0.15) is 54.4 Å². The third-order valence-electron chi connectivity index (χ3n) is 5.38. The van der Waals surface area contributed by atoms with Crippen LogP contribution in [0.3, 0.4) is 0 Å². The number of nitrogens with one attached hydrogen (secondary N) is 1. The van der Waals surface area contributed by atoms with Gasteiger partial charge in [0.05, 0.1) is 30.7 Å². The Labute approximate surface area is 198 Å². The molecule has 0 spiro atoms. The number of hydrogen-bond acceptors (Lipinski definition) is 7. The lowest BCUT2D eigenvalue weighted by atomic mass is 9.95. The molecule has 1 aliphatic rings. The molecule has 0 saturated carbocycles. The number of aryl methyl sites for hydroxylation is 1. The van der Waals surface area contributed by atoms with E-state index in [-0.39, 0.29) is 6.61 Å². The first-order valence-corrected chi connectivity index (χ1v) is 13.7. The van der Waals surface area contributed by atoms with Gasteiger partial charge in [0.15, 0.2) is 0 Å². The second kappa shape index (κ2) is 10.6.